The van der Waals surface area contributed by atoms with Crippen molar-refractivity contribution in [2.75, 3.05) is 4.90 Å². The first kappa shape index (κ1) is 35.7. The maximum atomic E-state index is 6.25. The molecular weight excluding hydrogens is 783 g/mol. The van der Waals surface area contributed by atoms with E-state index in [4.69, 9.17) is 4.42 Å². The zero-order chi connectivity index (χ0) is 41.4. The fraction of sp³-hybridized carbons (Fsp3) is 0. The van der Waals surface area contributed by atoms with Gasteiger partial charge in [0.2, 0.25) is 0 Å². The topological polar surface area (TPSA) is 16.4 Å². The lowest BCUT2D eigenvalue weighted by atomic mass is 9.96. The van der Waals surface area contributed by atoms with Crippen molar-refractivity contribution in [1.82, 2.24) is 0 Å². The fourth-order valence-electron chi connectivity index (χ4n) is 9.80. The van der Waals surface area contributed by atoms with Crippen molar-refractivity contribution in [3.63, 3.8) is 0 Å². The quantitative estimate of drug-likeness (QED) is 0.155. The van der Waals surface area contributed by atoms with Crippen molar-refractivity contribution >= 4 is 103 Å². The molecule has 0 aliphatic rings. The van der Waals surface area contributed by atoms with Gasteiger partial charge in [0.05, 0.1) is 10.4 Å². The fourth-order valence-corrected chi connectivity index (χ4v) is 11.1. The van der Waals surface area contributed by atoms with Crippen LogP contribution < -0.4 is 4.90 Å². The highest BCUT2D eigenvalue weighted by atomic mass is 32.1. The van der Waals surface area contributed by atoms with Crippen LogP contribution in [0, 0.1) is 0 Å². The standard InChI is InChI=1S/C60H37NOS/c1-2-11-39(12-3-1)51-18-9-19-54-55-20-10-21-56(60(55)63-59(51)54)61(45-29-25-40(26-30-45)48-17-8-14-38-13-4-5-15-47(38)48)46-31-34-50-44(36-46)24-23-43-35-41(27-32-49(43)50)42-28-33-53-52-16-6-7-22-57(52)62-58(53)37-42/h1-37H. The first-order valence-corrected chi connectivity index (χ1v) is 22.3. The Hall–Kier alpha value is -7.98. The Labute approximate surface area is 368 Å². The molecule has 0 N–H and O–H groups in total. The monoisotopic (exact) mass is 819 g/mol. The zero-order valence-corrected chi connectivity index (χ0v) is 34.9. The van der Waals surface area contributed by atoms with Gasteiger partial charge in [0, 0.05) is 37.6 Å². The lowest BCUT2D eigenvalue weighted by Crippen LogP contribution is -2.10. The molecule has 13 rings (SSSR count). The number of hydrogen-bond acceptors (Lipinski definition) is 3. The lowest BCUT2D eigenvalue weighted by Gasteiger charge is -2.27. The summed E-state index contributed by atoms with van der Waals surface area (Å²) < 4.78 is 8.82. The highest BCUT2D eigenvalue weighted by Crippen LogP contribution is 2.48. The van der Waals surface area contributed by atoms with E-state index >= 15 is 0 Å². The van der Waals surface area contributed by atoms with Crippen molar-refractivity contribution in [2.24, 2.45) is 0 Å². The van der Waals surface area contributed by atoms with Gasteiger partial charge in [-0.3, -0.25) is 0 Å². The molecule has 2 heterocycles. The number of benzene rings is 11. The third-order valence-corrected chi connectivity index (χ3v) is 14.1. The van der Waals surface area contributed by atoms with Crippen LogP contribution >= 0.6 is 11.3 Å². The molecule has 0 spiro atoms. The van der Waals surface area contributed by atoms with Crippen molar-refractivity contribution in [2.45, 2.75) is 0 Å². The second-order valence-electron chi connectivity index (χ2n) is 16.4. The van der Waals surface area contributed by atoms with Crippen molar-refractivity contribution in [3.8, 4) is 33.4 Å². The van der Waals surface area contributed by atoms with E-state index in [1.54, 1.807) is 0 Å². The normalized spacial score (nSPS) is 11.8. The number of para-hydroxylation sites is 1. The molecule has 0 aliphatic carbocycles. The molecule has 0 fully saturated rings. The molecule has 0 amide bonds. The van der Waals surface area contributed by atoms with E-state index in [0.717, 1.165) is 44.6 Å². The summed E-state index contributed by atoms with van der Waals surface area (Å²) in [6.07, 6.45) is 0. The van der Waals surface area contributed by atoms with Gasteiger partial charge in [-0.1, -0.05) is 170 Å². The highest BCUT2D eigenvalue weighted by Gasteiger charge is 2.20. The summed E-state index contributed by atoms with van der Waals surface area (Å²) in [7, 11) is 0. The maximum Gasteiger partial charge on any atom is 0.136 e. The van der Waals surface area contributed by atoms with Crippen molar-refractivity contribution in [1.29, 1.82) is 0 Å². The molecule has 3 heteroatoms. The van der Waals surface area contributed by atoms with Crippen LogP contribution in [0.3, 0.4) is 0 Å². The van der Waals surface area contributed by atoms with Gasteiger partial charge in [-0.15, -0.1) is 11.3 Å². The van der Waals surface area contributed by atoms with Gasteiger partial charge in [0.1, 0.15) is 11.2 Å². The molecule has 0 radical (unpaired) electrons. The van der Waals surface area contributed by atoms with E-state index in [2.05, 4.69) is 217 Å². The van der Waals surface area contributed by atoms with Crippen molar-refractivity contribution in [3.05, 3.63) is 224 Å². The van der Waals surface area contributed by atoms with Gasteiger partial charge in [0.25, 0.3) is 0 Å². The van der Waals surface area contributed by atoms with Gasteiger partial charge in [-0.2, -0.15) is 0 Å². The summed E-state index contributed by atoms with van der Waals surface area (Å²) in [6.45, 7) is 0. The Kier molecular flexibility index (Phi) is 8.12. The average molecular weight is 820 g/mol. The van der Waals surface area contributed by atoms with E-state index in [-0.39, 0.29) is 0 Å². The largest absolute Gasteiger partial charge is 0.456 e. The molecular formula is C60H37NOS. The minimum absolute atomic E-state index is 0.913. The smallest absolute Gasteiger partial charge is 0.136 e. The van der Waals surface area contributed by atoms with E-state index in [0.29, 0.717) is 0 Å². The Bertz CT molecular complexity index is 3910. The van der Waals surface area contributed by atoms with Crippen molar-refractivity contribution < 1.29 is 4.42 Å². The van der Waals surface area contributed by atoms with Crippen LogP contribution in [-0.4, -0.2) is 0 Å². The molecule has 11 aromatic carbocycles. The summed E-state index contributed by atoms with van der Waals surface area (Å²) in [4.78, 5) is 2.45. The molecule has 0 aliphatic heterocycles. The van der Waals surface area contributed by atoms with E-state index in [1.807, 2.05) is 23.5 Å². The van der Waals surface area contributed by atoms with Crippen LogP contribution in [0.5, 0.6) is 0 Å². The van der Waals surface area contributed by atoms with Gasteiger partial charge in [-0.05, 0) is 120 Å². The van der Waals surface area contributed by atoms with E-state index in [1.165, 1.54) is 80.3 Å². The minimum atomic E-state index is 0.913. The zero-order valence-electron chi connectivity index (χ0n) is 34.1. The van der Waals surface area contributed by atoms with Crippen LogP contribution in [0.25, 0.3) is 108 Å². The van der Waals surface area contributed by atoms with Gasteiger partial charge >= 0.3 is 0 Å². The number of anilines is 3. The predicted octanol–water partition coefficient (Wildman–Crippen LogP) is 17.9. The van der Waals surface area contributed by atoms with Crippen LogP contribution in [0.2, 0.25) is 0 Å². The molecule has 0 bridgehead atoms. The molecule has 13 aromatic rings. The summed E-state index contributed by atoms with van der Waals surface area (Å²) in [5.41, 5.74) is 12.5. The third kappa shape index (κ3) is 5.85. The second-order valence-corrected chi connectivity index (χ2v) is 17.4. The Balaban J connectivity index is 0.951. The molecule has 0 atom stereocenters. The molecule has 63 heavy (non-hydrogen) atoms. The molecule has 0 saturated heterocycles. The lowest BCUT2D eigenvalue weighted by molar-refractivity contribution is 0.669. The Morgan fingerprint density at radius 1 is 0.302 bits per heavy atom. The van der Waals surface area contributed by atoms with Crippen LogP contribution in [-0.2, 0) is 0 Å². The molecule has 0 unspecified atom stereocenters. The number of furan rings is 1. The van der Waals surface area contributed by atoms with Gasteiger partial charge in [-0.25, -0.2) is 0 Å². The maximum absolute atomic E-state index is 6.25. The molecule has 0 saturated carbocycles. The number of hydrogen-bond donors (Lipinski definition) is 0. The van der Waals surface area contributed by atoms with E-state index < -0.39 is 0 Å². The number of nitrogens with zero attached hydrogens (tertiary/aromatic N) is 1. The number of rotatable bonds is 6. The first-order valence-electron chi connectivity index (χ1n) is 21.5. The molecule has 2 nitrogen and oxygen atoms in total. The summed E-state index contributed by atoms with van der Waals surface area (Å²) in [5.74, 6) is 0. The average Bonchev–Trinajstić information content (AvgIpc) is 3.93. The summed E-state index contributed by atoms with van der Waals surface area (Å²) in [6, 6.07) is 81.8. The SMILES string of the molecule is c1ccc(-c2cccc3c2sc2c(N(c4ccc(-c5cccc6ccccc56)cc4)c4ccc5c(ccc6cc(-c7ccc8c(c7)oc7ccccc78)ccc65)c4)cccc23)cc1. The van der Waals surface area contributed by atoms with Crippen LogP contribution in [0.1, 0.15) is 0 Å². The predicted molar refractivity (Wildman–Crippen MR) is 270 cm³/mol. The Morgan fingerprint density at radius 3 is 1.73 bits per heavy atom. The molecule has 294 valence electrons. The second kappa shape index (κ2) is 14.3. The summed E-state index contributed by atoms with van der Waals surface area (Å²) in [5, 5.41) is 12.2. The Morgan fingerprint density at radius 2 is 0.873 bits per heavy atom. The van der Waals surface area contributed by atoms with Crippen LogP contribution in [0.15, 0.2) is 229 Å². The van der Waals surface area contributed by atoms with Crippen LogP contribution in [0.4, 0.5) is 17.1 Å². The summed E-state index contributed by atoms with van der Waals surface area (Å²) >= 11 is 1.89. The number of fused-ring (bicyclic) bond motifs is 10. The number of thiophene rings is 1. The first-order chi connectivity index (χ1) is 31.2. The minimum Gasteiger partial charge on any atom is -0.456 e. The highest BCUT2D eigenvalue weighted by molar-refractivity contribution is 7.27. The van der Waals surface area contributed by atoms with Gasteiger partial charge in [0.15, 0.2) is 0 Å². The van der Waals surface area contributed by atoms with Gasteiger partial charge < -0.3 is 9.32 Å². The molecule has 2 aromatic heterocycles. The third-order valence-electron chi connectivity index (χ3n) is 12.8. The van der Waals surface area contributed by atoms with E-state index in [9.17, 15) is 0 Å².